The second-order valence-electron chi connectivity index (χ2n) is 6.49. The average Bonchev–Trinajstić information content (AvgIpc) is 2.70. The number of fused-ring (bicyclic) bond motifs is 3. The molecule has 156 valence electrons. The van der Waals surface area contributed by atoms with Crippen LogP contribution in [-0.4, -0.2) is 25.4 Å². The van der Waals surface area contributed by atoms with Crippen LogP contribution in [0.25, 0.3) is 11.3 Å². The first kappa shape index (κ1) is 21.0. The normalized spacial score (nSPS) is 14.9. The molecule has 2 aromatic carbocycles. The lowest BCUT2D eigenvalue weighted by Gasteiger charge is -2.28. The fourth-order valence-electron chi connectivity index (χ4n) is 3.03. The predicted octanol–water partition coefficient (Wildman–Crippen LogP) is 5.25. The van der Waals surface area contributed by atoms with Crippen LogP contribution in [0.2, 0.25) is 5.02 Å². The molecule has 0 unspecified atom stereocenters. The summed E-state index contributed by atoms with van der Waals surface area (Å²) in [5.74, 6) is 0.197. The first-order valence-corrected chi connectivity index (χ1v) is 11.3. The molecule has 3 aromatic rings. The van der Waals surface area contributed by atoms with E-state index in [0.717, 1.165) is 28.2 Å². The number of rotatable bonds is 3. The maximum absolute atomic E-state index is 12.9. The molecule has 0 saturated carbocycles. The third-order valence-electron chi connectivity index (χ3n) is 4.55. The molecule has 5 nitrogen and oxygen atoms in total. The highest BCUT2D eigenvalue weighted by atomic mass is 35.5. The maximum Gasteiger partial charge on any atom is 0.416 e. The Morgan fingerprint density at radius 1 is 1.17 bits per heavy atom. The van der Waals surface area contributed by atoms with E-state index >= 15 is 0 Å². The van der Waals surface area contributed by atoms with Gasteiger partial charge in [0.1, 0.15) is 4.90 Å². The Bertz CT molecular complexity index is 1250. The van der Waals surface area contributed by atoms with Crippen molar-refractivity contribution >= 4 is 39.1 Å². The molecule has 0 spiro atoms. The van der Waals surface area contributed by atoms with Gasteiger partial charge in [0.15, 0.2) is 5.16 Å². The summed E-state index contributed by atoms with van der Waals surface area (Å²) in [5.41, 5.74) is 0.932. The molecule has 0 fully saturated rings. The monoisotopic (exact) mass is 471 g/mol. The van der Waals surface area contributed by atoms with Crippen LogP contribution in [0.3, 0.4) is 0 Å². The highest BCUT2D eigenvalue weighted by Crippen LogP contribution is 2.42. The summed E-state index contributed by atoms with van der Waals surface area (Å²) < 4.78 is 65.4. The quantitative estimate of drug-likeness (QED) is 0.386. The van der Waals surface area contributed by atoms with E-state index in [9.17, 15) is 21.6 Å². The summed E-state index contributed by atoms with van der Waals surface area (Å²) in [5, 5.41) is 0.638. The van der Waals surface area contributed by atoms with E-state index in [1.807, 2.05) is 0 Å². The second-order valence-corrected chi connectivity index (χ2v) is 9.80. The van der Waals surface area contributed by atoms with Crippen LogP contribution < -0.4 is 4.31 Å². The summed E-state index contributed by atoms with van der Waals surface area (Å²) in [7, 11) is -2.42. The molecule has 0 radical (unpaired) electrons. The van der Waals surface area contributed by atoms with Gasteiger partial charge in [0, 0.05) is 23.4 Å². The summed E-state index contributed by atoms with van der Waals surface area (Å²) in [6.45, 7) is 0. The van der Waals surface area contributed by atoms with E-state index in [1.165, 1.54) is 25.4 Å². The van der Waals surface area contributed by atoms with Gasteiger partial charge in [0.05, 0.1) is 23.1 Å². The summed E-state index contributed by atoms with van der Waals surface area (Å²) >= 11 is 7.14. The minimum Gasteiger partial charge on any atom is -0.269 e. The molecule has 0 N–H and O–H groups in total. The van der Waals surface area contributed by atoms with Crippen LogP contribution >= 0.6 is 23.4 Å². The van der Waals surface area contributed by atoms with E-state index in [-0.39, 0.29) is 21.5 Å². The number of aromatic nitrogens is 2. The number of thioether (sulfide) groups is 1. The minimum atomic E-state index is -4.42. The maximum atomic E-state index is 12.9. The van der Waals surface area contributed by atoms with Crippen LogP contribution in [0.4, 0.5) is 18.9 Å². The zero-order valence-electron chi connectivity index (χ0n) is 15.3. The smallest absolute Gasteiger partial charge is 0.269 e. The van der Waals surface area contributed by atoms with Crippen LogP contribution in [0.5, 0.6) is 0 Å². The SMILES string of the molecule is CN1c2cc(Cl)ccc2-c2nc(SCc3cccc(C(F)(F)F)c3)ncc2S1(=O)=O. The van der Waals surface area contributed by atoms with E-state index in [0.29, 0.717) is 21.8 Å². The number of sulfonamides is 1. The Morgan fingerprint density at radius 2 is 1.93 bits per heavy atom. The Balaban J connectivity index is 1.68. The van der Waals surface area contributed by atoms with E-state index < -0.39 is 21.8 Å². The molecule has 30 heavy (non-hydrogen) atoms. The first-order chi connectivity index (χ1) is 14.1. The van der Waals surface area contributed by atoms with Crippen molar-refractivity contribution in [3.8, 4) is 11.3 Å². The lowest BCUT2D eigenvalue weighted by Crippen LogP contribution is -2.31. The van der Waals surface area contributed by atoms with Gasteiger partial charge in [0.25, 0.3) is 10.0 Å². The molecule has 0 amide bonds. The van der Waals surface area contributed by atoms with Gasteiger partial charge in [0.2, 0.25) is 0 Å². The predicted molar refractivity (Wildman–Crippen MR) is 109 cm³/mol. The Labute approximate surface area is 180 Å². The van der Waals surface area contributed by atoms with Gasteiger partial charge in [-0.05, 0) is 29.8 Å². The Kier molecular flexibility index (Phi) is 5.19. The van der Waals surface area contributed by atoms with Crippen molar-refractivity contribution in [3.63, 3.8) is 0 Å². The molecule has 0 atom stereocenters. The second kappa shape index (κ2) is 7.44. The molecule has 1 aromatic heterocycles. The molecule has 2 heterocycles. The Morgan fingerprint density at radius 3 is 2.67 bits per heavy atom. The van der Waals surface area contributed by atoms with Gasteiger partial charge in [-0.25, -0.2) is 18.4 Å². The molecule has 0 aliphatic carbocycles. The van der Waals surface area contributed by atoms with Gasteiger partial charge >= 0.3 is 6.18 Å². The molecular formula is C19H13ClF3N3O2S2. The van der Waals surface area contributed by atoms with Crippen molar-refractivity contribution in [2.24, 2.45) is 0 Å². The number of benzene rings is 2. The molecule has 0 saturated heterocycles. The summed E-state index contributed by atoms with van der Waals surface area (Å²) in [6.07, 6.45) is -3.20. The first-order valence-electron chi connectivity index (χ1n) is 8.52. The van der Waals surface area contributed by atoms with E-state index in [2.05, 4.69) is 9.97 Å². The summed E-state index contributed by atoms with van der Waals surface area (Å²) in [6, 6.07) is 9.85. The third kappa shape index (κ3) is 3.75. The van der Waals surface area contributed by atoms with E-state index in [1.54, 1.807) is 18.2 Å². The van der Waals surface area contributed by atoms with Gasteiger partial charge in [-0.15, -0.1) is 0 Å². The van der Waals surface area contributed by atoms with Gasteiger partial charge in [-0.2, -0.15) is 13.2 Å². The molecular weight excluding hydrogens is 459 g/mol. The van der Waals surface area contributed by atoms with Crippen molar-refractivity contribution in [2.45, 2.75) is 22.0 Å². The zero-order chi connectivity index (χ0) is 21.7. The number of hydrogen-bond donors (Lipinski definition) is 0. The number of nitrogens with zero attached hydrogens (tertiary/aromatic N) is 3. The zero-order valence-corrected chi connectivity index (χ0v) is 17.7. The number of hydrogen-bond acceptors (Lipinski definition) is 5. The lowest BCUT2D eigenvalue weighted by molar-refractivity contribution is -0.137. The van der Waals surface area contributed by atoms with Crippen molar-refractivity contribution in [3.05, 3.63) is 64.8 Å². The van der Waals surface area contributed by atoms with Gasteiger partial charge in [-0.1, -0.05) is 41.6 Å². The van der Waals surface area contributed by atoms with Crippen molar-refractivity contribution in [1.29, 1.82) is 0 Å². The molecule has 0 bridgehead atoms. The minimum absolute atomic E-state index is 0.0387. The van der Waals surface area contributed by atoms with Crippen LogP contribution in [0, 0.1) is 0 Å². The fraction of sp³-hybridized carbons (Fsp3) is 0.158. The average molecular weight is 472 g/mol. The molecule has 1 aliphatic rings. The number of halogens is 4. The molecule has 1 aliphatic heterocycles. The van der Waals surface area contributed by atoms with Crippen LogP contribution in [0.15, 0.2) is 58.7 Å². The standard InChI is InChI=1S/C19H13ClF3N3O2S2/c1-26-15-8-13(20)5-6-14(15)17-16(30(26,27)28)9-24-18(25-17)29-10-11-3-2-4-12(7-11)19(21,22)23/h2-9H,10H2,1H3. The number of alkyl halides is 3. The third-order valence-corrected chi connectivity index (χ3v) is 7.49. The fourth-order valence-corrected chi connectivity index (χ4v) is 5.25. The van der Waals surface area contributed by atoms with Crippen LogP contribution in [0.1, 0.15) is 11.1 Å². The molecule has 4 rings (SSSR count). The van der Waals surface area contributed by atoms with E-state index in [4.69, 9.17) is 11.6 Å². The lowest BCUT2D eigenvalue weighted by atomic mass is 10.1. The van der Waals surface area contributed by atoms with Gasteiger partial charge in [-0.3, -0.25) is 4.31 Å². The van der Waals surface area contributed by atoms with Gasteiger partial charge < -0.3 is 0 Å². The highest BCUT2D eigenvalue weighted by molar-refractivity contribution is 7.98. The largest absolute Gasteiger partial charge is 0.416 e. The topological polar surface area (TPSA) is 63.2 Å². The molecule has 11 heteroatoms. The van der Waals surface area contributed by atoms with Crippen molar-refractivity contribution < 1.29 is 21.6 Å². The van der Waals surface area contributed by atoms with Crippen LogP contribution in [-0.2, 0) is 22.0 Å². The Hall–Kier alpha value is -2.30. The summed E-state index contributed by atoms with van der Waals surface area (Å²) in [4.78, 5) is 8.44. The highest BCUT2D eigenvalue weighted by Gasteiger charge is 2.34. The van der Waals surface area contributed by atoms with Crippen molar-refractivity contribution in [1.82, 2.24) is 9.97 Å². The number of anilines is 1. The van der Waals surface area contributed by atoms with Crippen molar-refractivity contribution in [2.75, 3.05) is 11.4 Å².